The fraction of sp³-hybridized carbons (Fsp3) is 0.0769. The average Bonchev–Trinajstić information content (AvgIpc) is 1.59. The summed E-state index contributed by atoms with van der Waals surface area (Å²) in [5, 5.41) is -4.34. The van der Waals surface area contributed by atoms with E-state index in [1.807, 2.05) is 0 Å². The van der Waals surface area contributed by atoms with E-state index in [1.54, 1.807) is 30.3 Å². The van der Waals surface area contributed by atoms with Crippen LogP contribution in [0.3, 0.4) is 0 Å². The zero-order chi connectivity index (χ0) is 92.7. The van der Waals surface area contributed by atoms with Gasteiger partial charge < -0.3 is 9.30 Å². The van der Waals surface area contributed by atoms with Gasteiger partial charge in [-0.25, -0.2) is 9.55 Å². The van der Waals surface area contributed by atoms with Crippen LogP contribution in [0.5, 0.6) is 11.5 Å². The summed E-state index contributed by atoms with van der Waals surface area (Å²) in [6.07, 6.45) is 1.94. The summed E-state index contributed by atoms with van der Waals surface area (Å²) in [5.74, 6) is -0.442. The number of rotatable bonds is 9. The number of fused-ring (bicyclic) bond motifs is 10. The molecular weight excluding hydrogens is 1230 g/mol. The van der Waals surface area contributed by atoms with Gasteiger partial charge in [-0.05, 0) is 114 Å². The van der Waals surface area contributed by atoms with Crippen molar-refractivity contribution in [3.05, 3.63) is 295 Å². The predicted octanol–water partition coefficient (Wildman–Crippen LogP) is 16.1. The Morgan fingerprint density at radius 1 is 0.529 bits per heavy atom. The molecule has 15 rings (SSSR count). The molecule has 14 aromatic rings. The third kappa shape index (κ3) is 8.93. The summed E-state index contributed by atoms with van der Waals surface area (Å²) in [6.45, 7) is -18.9. The first-order valence-electron chi connectivity index (χ1n) is 46.5. The minimum absolute atomic E-state index is 0. The minimum atomic E-state index is -6.91. The van der Waals surface area contributed by atoms with Crippen LogP contribution in [0.15, 0.2) is 267 Å². The van der Waals surface area contributed by atoms with Gasteiger partial charge in [0.25, 0.3) is 6.33 Å². The molecule has 11 aromatic carbocycles. The maximum absolute atomic E-state index is 11.4. The van der Waals surface area contributed by atoms with Gasteiger partial charge in [-0.15, -0.1) is 29.7 Å². The summed E-state index contributed by atoms with van der Waals surface area (Å²) in [4.78, 5) is 4.44. The van der Waals surface area contributed by atoms with Crippen molar-refractivity contribution in [3.63, 3.8) is 0 Å². The normalized spacial score (nSPS) is 19.8. The second kappa shape index (κ2) is 21.3. The summed E-state index contributed by atoms with van der Waals surface area (Å²) >= 11 is 0. The molecule has 85 heavy (non-hydrogen) atoms. The van der Waals surface area contributed by atoms with E-state index in [0.29, 0.717) is 16.3 Å². The number of pyridine rings is 1. The van der Waals surface area contributed by atoms with E-state index in [4.69, 9.17) is 21.2 Å². The molecule has 7 heteroatoms. The maximum atomic E-state index is 11.4. The van der Waals surface area contributed by atoms with Crippen LogP contribution < -0.4 is 30.1 Å². The smallest absolute Gasteiger partial charge is 0.253 e. The molecule has 0 radical (unpaired) electrons. The van der Waals surface area contributed by atoms with Gasteiger partial charge in [-0.1, -0.05) is 232 Å². The Balaban J connectivity index is 0.0000131. The van der Waals surface area contributed by atoms with Crippen LogP contribution in [0.25, 0.3) is 94.5 Å². The Labute approximate surface area is 571 Å². The third-order valence-corrected chi connectivity index (χ3v) is 18.5. The van der Waals surface area contributed by atoms with Crippen molar-refractivity contribution in [2.24, 2.45) is 0 Å². The van der Waals surface area contributed by atoms with E-state index in [1.165, 1.54) is 28.8 Å². The molecule has 5 nitrogen and oxygen atoms in total. The molecule has 4 heterocycles. The quantitative estimate of drug-likeness (QED) is 0.0625. The number of aromatic nitrogens is 4. The number of para-hydroxylation sites is 2. The largest absolute Gasteiger partial charge is 0.509 e. The van der Waals surface area contributed by atoms with Crippen LogP contribution in [0.2, 0.25) is 0 Å². The van der Waals surface area contributed by atoms with E-state index in [9.17, 15) is 41.1 Å². The number of ether oxygens (including phenoxy) is 1. The van der Waals surface area contributed by atoms with Crippen LogP contribution in [0.1, 0.15) is 94.8 Å². The van der Waals surface area contributed by atoms with E-state index in [0.717, 1.165) is 58.1 Å². The molecule has 3 aromatic heterocycles. The Morgan fingerprint density at radius 2 is 1.18 bits per heavy atom. The SMILES string of the molecule is [2H]c1c([2H])c([2H])c(-c2cc3c4c(c2)n(-c2[c-]c(Oc5[c-]c6c(cc5)c5ccccc5n6-c5cc(C([2H])([2H])[2H])c(C([2H])([2H])[2H])cn5)ccc2)c[n+]4-c2c(cccc2C(C([2H])([2H])[2H])(C([2H])([2H])[2H])C([2H])([2H])[2H])-c2c([2H])c([Si](c4c([2H])c([2H])c([2H])c([2H])c4[2H])(c4c([2H])c([2H])c([2H])c([2H])c4[2H])c4c([2H])c([2H])c([2H])c([2H])c4[2H])c([2H])c([2H])c2-c2c([2H])c([2H])c([2H])c([2H])c2-3)c([2H])c1[2H].[Pt]. The van der Waals surface area contributed by atoms with Crippen LogP contribution in [-0.4, -0.2) is 22.2 Å². The number of imidazole rings is 1. The Morgan fingerprint density at radius 3 is 1.88 bits per heavy atom. The van der Waals surface area contributed by atoms with Gasteiger partial charge in [0.2, 0.25) is 0 Å². The molecule has 412 valence electrons. The molecule has 0 atom stereocenters. The van der Waals surface area contributed by atoms with Crippen molar-refractivity contribution in [1.82, 2.24) is 14.1 Å². The number of aryl methyl sites for hydroxylation is 2. The van der Waals surface area contributed by atoms with Gasteiger partial charge in [0.1, 0.15) is 11.5 Å². The summed E-state index contributed by atoms with van der Waals surface area (Å²) in [7, 11) is -6.91. The van der Waals surface area contributed by atoms with Gasteiger partial charge in [0, 0.05) is 87.2 Å². The van der Waals surface area contributed by atoms with Crippen molar-refractivity contribution in [1.29, 1.82) is 0 Å². The molecule has 1 aliphatic heterocycles. The molecule has 0 fully saturated rings. The Bertz CT molecular complexity index is 6850. The molecule has 0 spiro atoms. The van der Waals surface area contributed by atoms with Crippen LogP contribution in [0, 0.1) is 25.8 Å². The Kier molecular flexibility index (Phi) is 6.18. The monoisotopic (exact) mass is 1330 g/mol. The van der Waals surface area contributed by atoms with Crippen LogP contribution in [-0.2, 0) is 26.5 Å². The first kappa shape index (κ1) is 24.6. The third-order valence-electron chi connectivity index (χ3n) is 14.5. The van der Waals surface area contributed by atoms with E-state index < -0.39 is 310 Å². The number of hydrogen-bond acceptors (Lipinski definition) is 2. The summed E-state index contributed by atoms with van der Waals surface area (Å²) < 4.78 is 406. The molecule has 0 unspecified atom stereocenters. The Hall–Kier alpha value is -9.45. The van der Waals surface area contributed by atoms with Crippen LogP contribution >= 0.6 is 0 Å². The molecule has 0 saturated heterocycles. The van der Waals surface area contributed by atoms with E-state index >= 15 is 0 Å². The molecule has 0 aliphatic carbocycles. The second-order valence-electron chi connectivity index (χ2n) is 19.2. The average molecular weight is 1330 g/mol. The van der Waals surface area contributed by atoms with E-state index in [-0.39, 0.29) is 49.6 Å². The molecule has 0 saturated carbocycles. The van der Waals surface area contributed by atoms with Crippen LogP contribution in [0.4, 0.5) is 0 Å². The zero-order valence-corrected chi connectivity index (χ0v) is 46.6. The van der Waals surface area contributed by atoms with Gasteiger partial charge in [-0.2, -0.15) is 16.7 Å². The predicted molar refractivity (Wildman–Crippen MR) is 348 cm³/mol. The maximum Gasteiger partial charge on any atom is 0.253 e. The molecule has 0 amide bonds. The standard InChI is InChI=1S/C78H59N4OSi.Pt/c1-52-44-75(79-50-53(52)2)82-72-39-21-20-36-66(72)67-42-40-58(48-73(67)82)83-57-27-22-26-56(47-57)80-51-81-76-68(37-23-38-71(76)78(3,4)5)69-49-62(84(59-28-12-7-13-29-59,60-30-14-8-15-31-60)61-32-16-9-17-33-61)41-43-65(69)63-34-18-19-35-64(63)70-45-55(46-74(80)77(70)81)54-24-10-6-11-25-54;/h6-46,49-51H,1-5H3;/q-1;/i1D3,2D3,3D3,4D3,5D3,6D,7D,8D,9D,10D,11D,12D,13D,14D,15D,16D,17D,18D,19D,24D,25D,28D,29D,30D,31D,32D,33D,34D,35D,41D,43D,49D;. The minimum Gasteiger partial charge on any atom is -0.509 e. The number of hydrogen-bond donors (Lipinski definition) is 0. The van der Waals surface area contributed by atoms with Gasteiger partial charge in [-0.3, -0.25) is 0 Å². The van der Waals surface area contributed by atoms with Gasteiger partial charge >= 0.3 is 0 Å². The molecule has 0 bridgehead atoms. The van der Waals surface area contributed by atoms with Crippen molar-refractivity contribution in [3.8, 4) is 73.2 Å². The molecular formula is C78H59N4OPtSi-. The second-order valence-corrected chi connectivity index (χ2v) is 22.7. The molecule has 1 aliphatic rings. The molecule has 0 N–H and O–H groups in total. The van der Waals surface area contributed by atoms with Crippen molar-refractivity contribution in [2.45, 2.75) is 39.7 Å². The van der Waals surface area contributed by atoms with Crippen molar-refractivity contribution >= 4 is 61.7 Å². The fourth-order valence-corrected chi connectivity index (χ4v) is 14.5. The summed E-state index contributed by atoms with van der Waals surface area (Å²) in [6, 6.07) is -8.29. The fourth-order valence-electron chi connectivity index (χ4n) is 10.9. The number of nitrogens with zero attached hydrogens (tertiary/aromatic N) is 4. The number of benzene rings is 11. The van der Waals surface area contributed by atoms with E-state index in [2.05, 4.69) is 17.1 Å². The van der Waals surface area contributed by atoms with Crippen molar-refractivity contribution < 1.29 is 87.9 Å². The van der Waals surface area contributed by atoms with Gasteiger partial charge in [0.15, 0.2) is 19.1 Å². The van der Waals surface area contributed by atoms with Crippen molar-refractivity contribution in [2.75, 3.05) is 0 Å². The topological polar surface area (TPSA) is 35.9 Å². The first-order valence-corrected chi connectivity index (χ1v) is 27.5. The zero-order valence-electron chi connectivity index (χ0n) is 85.3. The summed E-state index contributed by atoms with van der Waals surface area (Å²) in [5.41, 5.74) is -15.2. The first-order chi connectivity index (χ1) is 58.5. The van der Waals surface area contributed by atoms with Gasteiger partial charge in [0.05, 0.1) is 37.0 Å².